The predicted octanol–water partition coefficient (Wildman–Crippen LogP) is 2.55. The minimum atomic E-state index is -1.47. The van der Waals surface area contributed by atoms with Gasteiger partial charge in [0.25, 0.3) is 0 Å². The van der Waals surface area contributed by atoms with Crippen molar-refractivity contribution in [1.82, 2.24) is 9.88 Å². The molecule has 0 radical (unpaired) electrons. The van der Waals surface area contributed by atoms with Crippen LogP contribution in [-0.4, -0.2) is 33.2 Å². The Morgan fingerprint density at radius 1 is 1.39 bits per heavy atom. The van der Waals surface area contributed by atoms with Gasteiger partial charge in [0.1, 0.15) is 0 Å². The number of hydrogen-bond donors (Lipinski definition) is 1. The fourth-order valence-corrected chi connectivity index (χ4v) is 3.34. The first-order valence-corrected chi connectivity index (χ1v) is 6.22. The molecule has 96 valence electrons. The number of hydrogen-bond acceptors (Lipinski definition) is 2. The van der Waals surface area contributed by atoms with E-state index in [1.54, 1.807) is 24.4 Å². The van der Waals surface area contributed by atoms with Crippen molar-refractivity contribution in [2.75, 3.05) is 0 Å². The van der Waals surface area contributed by atoms with Crippen LogP contribution in [0.4, 0.5) is 9.18 Å². The molecule has 0 aromatic carbocycles. The van der Waals surface area contributed by atoms with Crippen LogP contribution in [0, 0.1) is 0 Å². The van der Waals surface area contributed by atoms with E-state index in [0.717, 1.165) is 12.8 Å². The van der Waals surface area contributed by atoms with Crippen LogP contribution in [0.25, 0.3) is 0 Å². The zero-order valence-corrected chi connectivity index (χ0v) is 9.92. The van der Waals surface area contributed by atoms with Gasteiger partial charge in [-0.15, -0.1) is 0 Å². The lowest BCUT2D eigenvalue weighted by Crippen LogP contribution is -2.50. The number of rotatable bonds is 1. The maximum absolute atomic E-state index is 15.0. The van der Waals surface area contributed by atoms with Gasteiger partial charge < -0.3 is 10.0 Å². The summed E-state index contributed by atoms with van der Waals surface area (Å²) in [6.07, 6.45) is 2.64. The summed E-state index contributed by atoms with van der Waals surface area (Å²) in [4.78, 5) is 16.7. The molecule has 0 spiro atoms. The van der Waals surface area contributed by atoms with Crippen molar-refractivity contribution in [3.8, 4) is 0 Å². The minimum absolute atomic E-state index is 0.201. The second-order valence-electron chi connectivity index (χ2n) is 5.16. The Bertz CT molecular complexity index is 451. The van der Waals surface area contributed by atoms with Crippen molar-refractivity contribution < 1.29 is 14.3 Å². The van der Waals surface area contributed by atoms with E-state index in [-0.39, 0.29) is 24.9 Å². The Labute approximate surface area is 104 Å². The van der Waals surface area contributed by atoms with Crippen molar-refractivity contribution in [3.05, 3.63) is 30.1 Å². The van der Waals surface area contributed by atoms with Crippen LogP contribution in [0.2, 0.25) is 0 Å². The van der Waals surface area contributed by atoms with Gasteiger partial charge in [0.2, 0.25) is 0 Å². The molecular weight excluding hydrogens is 235 g/mol. The first-order chi connectivity index (χ1) is 8.60. The highest BCUT2D eigenvalue weighted by molar-refractivity contribution is 5.66. The molecule has 2 atom stereocenters. The third-order valence-corrected chi connectivity index (χ3v) is 4.08. The smallest absolute Gasteiger partial charge is 0.407 e. The molecular formula is C13H15FN2O2. The number of alkyl halides is 1. The molecule has 0 saturated carbocycles. The van der Waals surface area contributed by atoms with Crippen LogP contribution >= 0.6 is 0 Å². The normalized spacial score (nSPS) is 34.6. The third-order valence-electron chi connectivity index (χ3n) is 4.08. The number of piperidine rings is 1. The van der Waals surface area contributed by atoms with E-state index >= 15 is 4.39 Å². The number of carbonyl (C=O) groups is 1. The highest BCUT2D eigenvalue weighted by Crippen LogP contribution is 2.47. The summed E-state index contributed by atoms with van der Waals surface area (Å²) >= 11 is 0. The van der Waals surface area contributed by atoms with Crippen LogP contribution in [0.3, 0.4) is 0 Å². The number of fused-ring (bicyclic) bond motifs is 2. The second kappa shape index (κ2) is 3.93. The largest absolute Gasteiger partial charge is 0.465 e. The molecule has 2 saturated heterocycles. The van der Waals surface area contributed by atoms with Crippen LogP contribution < -0.4 is 0 Å². The molecule has 1 aromatic rings. The molecule has 18 heavy (non-hydrogen) atoms. The number of amides is 1. The summed E-state index contributed by atoms with van der Waals surface area (Å²) in [5.74, 6) is 0. The number of aromatic nitrogens is 1. The van der Waals surface area contributed by atoms with Crippen LogP contribution in [0.15, 0.2) is 24.4 Å². The summed E-state index contributed by atoms with van der Waals surface area (Å²) in [7, 11) is 0. The van der Waals surface area contributed by atoms with Gasteiger partial charge in [-0.3, -0.25) is 4.98 Å². The van der Waals surface area contributed by atoms with E-state index in [1.807, 2.05) is 0 Å². The molecule has 0 aliphatic carbocycles. The molecule has 1 aromatic heterocycles. The summed E-state index contributed by atoms with van der Waals surface area (Å²) in [6, 6.07) is 4.82. The van der Waals surface area contributed by atoms with Crippen molar-refractivity contribution in [2.24, 2.45) is 0 Å². The fourth-order valence-electron chi connectivity index (χ4n) is 3.34. The van der Waals surface area contributed by atoms with E-state index in [0.29, 0.717) is 5.69 Å². The standard InChI is InChI=1S/C13H15FN2O2/c14-13(11-3-1-2-6-15-11)7-9-4-5-10(8-13)16(9)12(17)18/h1-3,6,9-10H,4-5,7-8H2,(H,17,18). The fraction of sp³-hybridized carbons (Fsp3) is 0.538. The van der Waals surface area contributed by atoms with Crippen LogP contribution in [0.5, 0.6) is 0 Å². The Balaban J connectivity index is 1.89. The highest BCUT2D eigenvalue weighted by Gasteiger charge is 2.52. The lowest BCUT2D eigenvalue weighted by atomic mass is 9.85. The average Bonchev–Trinajstić information content (AvgIpc) is 2.64. The maximum atomic E-state index is 15.0. The summed E-state index contributed by atoms with van der Waals surface area (Å²) in [5.41, 5.74) is -1.04. The highest BCUT2D eigenvalue weighted by atomic mass is 19.1. The Hall–Kier alpha value is -1.65. The lowest BCUT2D eigenvalue weighted by molar-refractivity contribution is 0.0118. The quantitative estimate of drug-likeness (QED) is 0.833. The van der Waals surface area contributed by atoms with Gasteiger partial charge in [-0.1, -0.05) is 6.07 Å². The van der Waals surface area contributed by atoms with Gasteiger partial charge in [-0.25, -0.2) is 9.18 Å². The molecule has 2 aliphatic heterocycles. The van der Waals surface area contributed by atoms with Crippen LogP contribution in [-0.2, 0) is 5.67 Å². The predicted molar refractivity (Wildman–Crippen MR) is 62.9 cm³/mol. The minimum Gasteiger partial charge on any atom is -0.465 e. The number of pyridine rings is 1. The molecule has 2 aliphatic rings. The van der Waals surface area contributed by atoms with Crippen LogP contribution in [0.1, 0.15) is 31.4 Å². The van der Waals surface area contributed by atoms with Crippen molar-refractivity contribution in [2.45, 2.75) is 43.4 Å². The molecule has 3 heterocycles. The Kier molecular flexibility index (Phi) is 2.50. The molecule has 3 rings (SSSR count). The van der Waals surface area contributed by atoms with E-state index in [2.05, 4.69) is 4.98 Å². The zero-order valence-electron chi connectivity index (χ0n) is 9.92. The zero-order chi connectivity index (χ0) is 12.8. The molecule has 2 unspecified atom stereocenters. The third kappa shape index (κ3) is 1.65. The van der Waals surface area contributed by atoms with Gasteiger partial charge in [-0.2, -0.15) is 0 Å². The van der Waals surface area contributed by atoms with E-state index in [4.69, 9.17) is 5.11 Å². The molecule has 2 fully saturated rings. The SMILES string of the molecule is O=C(O)N1C2CCC1CC(F)(c1ccccn1)C2. The van der Waals surface area contributed by atoms with Gasteiger partial charge in [0.05, 0.1) is 5.69 Å². The lowest BCUT2D eigenvalue weighted by Gasteiger charge is -2.40. The monoisotopic (exact) mass is 250 g/mol. The van der Waals surface area contributed by atoms with Crippen molar-refractivity contribution >= 4 is 6.09 Å². The van der Waals surface area contributed by atoms with Gasteiger partial charge in [-0.05, 0) is 25.0 Å². The maximum Gasteiger partial charge on any atom is 0.407 e. The molecule has 5 heteroatoms. The molecule has 1 amide bonds. The summed E-state index contributed by atoms with van der Waals surface area (Å²) < 4.78 is 15.0. The van der Waals surface area contributed by atoms with E-state index in [1.165, 1.54) is 4.90 Å². The molecule has 4 nitrogen and oxygen atoms in total. The molecule has 1 N–H and O–H groups in total. The van der Waals surface area contributed by atoms with Gasteiger partial charge in [0.15, 0.2) is 5.67 Å². The molecule has 2 bridgehead atoms. The van der Waals surface area contributed by atoms with E-state index in [9.17, 15) is 4.79 Å². The van der Waals surface area contributed by atoms with Crippen molar-refractivity contribution in [1.29, 1.82) is 0 Å². The topological polar surface area (TPSA) is 53.4 Å². The first kappa shape index (κ1) is 11.4. The average molecular weight is 250 g/mol. The number of nitrogens with zero attached hydrogens (tertiary/aromatic N) is 2. The Morgan fingerprint density at radius 2 is 2.06 bits per heavy atom. The Morgan fingerprint density at radius 3 is 2.56 bits per heavy atom. The number of carboxylic acid groups (broad SMARTS) is 1. The van der Waals surface area contributed by atoms with Gasteiger partial charge in [0, 0.05) is 31.1 Å². The van der Waals surface area contributed by atoms with Gasteiger partial charge >= 0.3 is 6.09 Å². The van der Waals surface area contributed by atoms with Crippen molar-refractivity contribution in [3.63, 3.8) is 0 Å². The second-order valence-corrected chi connectivity index (χ2v) is 5.16. The number of halogens is 1. The summed E-state index contributed by atoms with van der Waals surface area (Å²) in [5, 5.41) is 9.15. The van der Waals surface area contributed by atoms with E-state index < -0.39 is 11.8 Å². The summed E-state index contributed by atoms with van der Waals surface area (Å²) in [6.45, 7) is 0. The first-order valence-electron chi connectivity index (χ1n) is 6.22.